The number of piperidine rings is 1. The number of nitrogens with zero attached hydrogens (tertiary/aromatic N) is 5. The summed E-state index contributed by atoms with van der Waals surface area (Å²) in [6, 6.07) is 13.8. The highest BCUT2D eigenvalue weighted by Crippen LogP contribution is 2.35. The van der Waals surface area contributed by atoms with Crippen LogP contribution in [0.1, 0.15) is 12.8 Å². The zero-order valence-corrected chi connectivity index (χ0v) is 19.3. The average Bonchev–Trinajstić information content (AvgIpc) is 3.24. The number of primary amides is 1. The van der Waals surface area contributed by atoms with E-state index in [-0.39, 0.29) is 11.7 Å². The second-order valence-corrected chi connectivity index (χ2v) is 8.75. The largest absolute Gasteiger partial charge is 0.368 e. The number of anilines is 1. The zero-order chi connectivity index (χ0) is 23.9. The third-order valence-electron chi connectivity index (χ3n) is 6.52. The Morgan fingerprint density at radius 3 is 2.50 bits per heavy atom. The highest BCUT2D eigenvalue weighted by atomic mass is 35.5. The Bertz CT molecular complexity index is 1360. The number of nitrogens with two attached hydrogens (primary N) is 1. The summed E-state index contributed by atoms with van der Waals surface area (Å²) in [5, 5.41) is 12.3. The summed E-state index contributed by atoms with van der Waals surface area (Å²) in [5.41, 5.74) is 7.32. The molecule has 0 saturated carbocycles. The molecule has 0 radical (unpaired) electrons. The van der Waals surface area contributed by atoms with Gasteiger partial charge in [0.25, 0.3) is 0 Å². The maximum atomic E-state index is 14.9. The van der Waals surface area contributed by atoms with Gasteiger partial charge in [-0.15, -0.1) is 5.10 Å². The monoisotopic (exact) mass is 479 g/mol. The van der Waals surface area contributed by atoms with Crippen molar-refractivity contribution in [3.05, 3.63) is 65.6 Å². The summed E-state index contributed by atoms with van der Waals surface area (Å²) in [4.78, 5) is 18.9. The SMILES string of the molecule is CNC1(C(N)=O)CCN(c2nncc3c2nc(-c2ccccc2F)n3-c2ccc(Cl)cc2)CC1. The summed E-state index contributed by atoms with van der Waals surface area (Å²) in [6.07, 6.45) is 2.67. The van der Waals surface area contributed by atoms with Crippen LogP contribution in [0.4, 0.5) is 10.2 Å². The number of imidazole rings is 1. The van der Waals surface area contributed by atoms with Crippen molar-refractivity contribution in [1.29, 1.82) is 0 Å². The van der Waals surface area contributed by atoms with Crippen molar-refractivity contribution in [2.75, 3.05) is 25.0 Å². The van der Waals surface area contributed by atoms with Gasteiger partial charge < -0.3 is 16.0 Å². The lowest BCUT2D eigenvalue weighted by atomic mass is 9.87. The minimum Gasteiger partial charge on any atom is -0.368 e. The van der Waals surface area contributed by atoms with Crippen LogP contribution in [0.5, 0.6) is 0 Å². The number of nitrogens with one attached hydrogen (secondary N) is 1. The van der Waals surface area contributed by atoms with E-state index >= 15 is 0 Å². The summed E-state index contributed by atoms with van der Waals surface area (Å²) < 4.78 is 16.7. The van der Waals surface area contributed by atoms with Gasteiger partial charge in [-0.3, -0.25) is 9.36 Å². The number of rotatable bonds is 5. The topological polar surface area (TPSA) is 102 Å². The molecule has 1 aliphatic rings. The molecule has 0 bridgehead atoms. The van der Waals surface area contributed by atoms with Crippen molar-refractivity contribution in [2.45, 2.75) is 18.4 Å². The zero-order valence-electron chi connectivity index (χ0n) is 18.5. The minimum absolute atomic E-state index is 0.362. The smallest absolute Gasteiger partial charge is 0.237 e. The Labute approximate surface area is 200 Å². The fourth-order valence-corrected chi connectivity index (χ4v) is 4.64. The first-order chi connectivity index (χ1) is 16.4. The number of halogens is 2. The molecule has 0 unspecified atom stereocenters. The normalized spacial score (nSPS) is 15.6. The van der Waals surface area contributed by atoms with Crippen molar-refractivity contribution in [3.8, 4) is 17.1 Å². The fraction of sp³-hybridized carbons (Fsp3) is 0.250. The third-order valence-corrected chi connectivity index (χ3v) is 6.78. The Kier molecular flexibility index (Phi) is 5.66. The predicted molar refractivity (Wildman–Crippen MR) is 129 cm³/mol. The molecule has 8 nitrogen and oxygen atoms in total. The molecule has 3 N–H and O–H groups in total. The van der Waals surface area contributed by atoms with Gasteiger partial charge in [0, 0.05) is 23.8 Å². The van der Waals surface area contributed by atoms with Gasteiger partial charge in [0.2, 0.25) is 5.91 Å². The number of carbonyl (C=O) groups is 1. The number of fused-ring (bicyclic) bond motifs is 1. The van der Waals surface area contributed by atoms with Crippen molar-refractivity contribution in [3.63, 3.8) is 0 Å². The molecule has 1 fully saturated rings. The van der Waals surface area contributed by atoms with Crippen molar-refractivity contribution in [1.82, 2.24) is 25.1 Å². The molecule has 34 heavy (non-hydrogen) atoms. The fourth-order valence-electron chi connectivity index (χ4n) is 4.51. The number of amides is 1. The molecule has 5 rings (SSSR count). The molecule has 1 amide bonds. The van der Waals surface area contributed by atoms with Crippen LogP contribution in [0.25, 0.3) is 28.1 Å². The molecular weight excluding hydrogens is 457 g/mol. The van der Waals surface area contributed by atoms with E-state index in [1.165, 1.54) is 6.07 Å². The van der Waals surface area contributed by atoms with Crippen LogP contribution in [-0.4, -0.2) is 51.3 Å². The molecule has 174 valence electrons. The second-order valence-electron chi connectivity index (χ2n) is 8.31. The molecule has 1 aliphatic heterocycles. The molecule has 2 aromatic carbocycles. The lowest BCUT2D eigenvalue weighted by Gasteiger charge is -2.39. The van der Waals surface area contributed by atoms with E-state index in [2.05, 4.69) is 15.5 Å². The van der Waals surface area contributed by atoms with E-state index in [4.69, 9.17) is 22.3 Å². The Balaban J connectivity index is 1.66. The number of benzene rings is 2. The van der Waals surface area contributed by atoms with Crippen LogP contribution in [0.15, 0.2) is 54.7 Å². The second kappa shape index (κ2) is 8.66. The first-order valence-corrected chi connectivity index (χ1v) is 11.3. The lowest BCUT2D eigenvalue weighted by molar-refractivity contribution is -0.125. The summed E-state index contributed by atoms with van der Waals surface area (Å²) >= 11 is 6.11. The first kappa shape index (κ1) is 22.2. The molecule has 0 spiro atoms. The molecule has 10 heteroatoms. The van der Waals surface area contributed by atoms with Gasteiger partial charge >= 0.3 is 0 Å². The summed E-state index contributed by atoms with van der Waals surface area (Å²) in [5.74, 6) is 0.267. The van der Waals surface area contributed by atoms with Crippen LogP contribution in [0, 0.1) is 5.82 Å². The van der Waals surface area contributed by atoms with Gasteiger partial charge in [-0.25, -0.2) is 9.37 Å². The van der Waals surface area contributed by atoms with Gasteiger partial charge in [0.1, 0.15) is 22.7 Å². The number of hydrogen-bond acceptors (Lipinski definition) is 6. The van der Waals surface area contributed by atoms with Crippen LogP contribution >= 0.6 is 11.6 Å². The first-order valence-electron chi connectivity index (χ1n) is 10.9. The molecule has 1 saturated heterocycles. The number of aromatic nitrogens is 4. The summed E-state index contributed by atoms with van der Waals surface area (Å²) in [7, 11) is 1.75. The van der Waals surface area contributed by atoms with E-state index in [1.54, 1.807) is 43.6 Å². The van der Waals surface area contributed by atoms with E-state index < -0.39 is 5.54 Å². The quantitative estimate of drug-likeness (QED) is 0.455. The number of likely N-dealkylation sites (N-methyl/N-ethyl adjacent to an activating group) is 1. The standard InChI is InChI=1S/C24H23ClFN7O/c1-28-24(23(27)34)10-12-32(13-11-24)22-20-19(14-29-31-22)33(16-8-6-15(25)7-9-16)21(30-20)17-4-2-3-5-18(17)26/h2-9,14,28H,10-13H2,1H3,(H2,27,34). The third kappa shape index (κ3) is 3.66. The molecule has 3 heterocycles. The van der Waals surface area contributed by atoms with Crippen LogP contribution in [0.2, 0.25) is 5.02 Å². The van der Waals surface area contributed by atoms with Crippen LogP contribution in [-0.2, 0) is 4.79 Å². The Morgan fingerprint density at radius 2 is 1.85 bits per heavy atom. The van der Waals surface area contributed by atoms with Crippen LogP contribution < -0.4 is 16.0 Å². The van der Waals surface area contributed by atoms with E-state index in [0.29, 0.717) is 59.2 Å². The highest BCUT2D eigenvalue weighted by Gasteiger charge is 2.39. The minimum atomic E-state index is -0.751. The van der Waals surface area contributed by atoms with Gasteiger partial charge in [-0.2, -0.15) is 5.10 Å². The van der Waals surface area contributed by atoms with Gasteiger partial charge in [-0.1, -0.05) is 23.7 Å². The Hall–Kier alpha value is -3.56. The Morgan fingerprint density at radius 1 is 1.15 bits per heavy atom. The van der Waals surface area contributed by atoms with Gasteiger partial charge in [-0.05, 0) is 56.3 Å². The lowest BCUT2D eigenvalue weighted by Crippen LogP contribution is -2.59. The van der Waals surface area contributed by atoms with Crippen LogP contribution in [0.3, 0.4) is 0 Å². The maximum absolute atomic E-state index is 14.9. The molecule has 2 aromatic heterocycles. The predicted octanol–water partition coefficient (Wildman–Crippen LogP) is 3.32. The van der Waals surface area contributed by atoms with E-state index in [9.17, 15) is 9.18 Å². The van der Waals surface area contributed by atoms with E-state index in [0.717, 1.165) is 5.69 Å². The van der Waals surface area contributed by atoms with Crippen molar-refractivity contribution in [2.24, 2.45) is 5.73 Å². The van der Waals surface area contributed by atoms with Crippen molar-refractivity contribution < 1.29 is 9.18 Å². The van der Waals surface area contributed by atoms with Gasteiger partial charge in [0.05, 0.1) is 17.3 Å². The van der Waals surface area contributed by atoms with E-state index in [1.807, 2.05) is 21.6 Å². The molecular formula is C24H23ClFN7O. The number of carbonyl (C=O) groups excluding carboxylic acids is 1. The highest BCUT2D eigenvalue weighted by molar-refractivity contribution is 6.30. The molecule has 0 atom stereocenters. The molecule has 0 aliphatic carbocycles. The van der Waals surface area contributed by atoms with Crippen molar-refractivity contribution >= 4 is 34.4 Å². The average molecular weight is 480 g/mol. The summed E-state index contributed by atoms with van der Waals surface area (Å²) in [6.45, 7) is 1.08. The maximum Gasteiger partial charge on any atom is 0.237 e. The molecule has 4 aromatic rings. The van der Waals surface area contributed by atoms with Gasteiger partial charge in [0.15, 0.2) is 5.82 Å². The number of hydrogen-bond donors (Lipinski definition) is 2.